The number of carbonyl (C=O) groups is 2. The molecule has 0 radical (unpaired) electrons. The molecule has 2 amide bonds. The lowest BCUT2D eigenvalue weighted by Crippen LogP contribution is -2.44. The van der Waals surface area contributed by atoms with Crippen molar-refractivity contribution in [3.05, 3.63) is 34.3 Å². The SMILES string of the molecule is NC(=O)CN(C(=O)c1ccc(Br)cc1)C1CCCC1. The van der Waals surface area contributed by atoms with Gasteiger partial charge in [0.2, 0.25) is 5.91 Å². The molecule has 1 aromatic carbocycles. The molecule has 0 bridgehead atoms. The molecule has 1 aromatic rings. The fraction of sp³-hybridized carbons (Fsp3) is 0.429. The van der Waals surface area contributed by atoms with Gasteiger partial charge in [0.05, 0.1) is 6.54 Å². The summed E-state index contributed by atoms with van der Waals surface area (Å²) < 4.78 is 0.923. The van der Waals surface area contributed by atoms with E-state index in [-0.39, 0.29) is 18.5 Å². The van der Waals surface area contributed by atoms with E-state index in [0.717, 1.165) is 30.2 Å². The summed E-state index contributed by atoms with van der Waals surface area (Å²) in [6.45, 7) is -0.000433. The molecular weight excluding hydrogens is 308 g/mol. The van der Waals surface area contributed by atoms with Gasteiger partial charge in [-0.15, -0.1) is 0 Å². The van der Waals surface area contributed by atoms with E-state index < -0.39 is 5.91 Å². The minimum atomic E-state index is -0.461. The van der Waals surface area contributed by atoms with E-state index in [1.54, 1.807) is 17.0 Å². The van der Waals surface area contributed by atoms with Gasteiger partial charge in [0.25, 0.3) is 5.91 Å². The van der Waals surface area contributed by atoms with Crippen molar-refractivity contribution in [2.75, 3.05) is 6.54 Å². The third-order valence-corrected chi connectivity index (χ3v) is 3.97. The van der Waals surface area contributed by atoms with E-state index in [1.807, 2.05) is 12.1 Å². The Bertz CT molecular complexity index is 467. The van der Waals surface area contributed by atoms with Gasteiger partial charge in [-0.1, -0.05) is 28.8 Å². The van der Waals surface area contributed by atoms with Gasteiger partial charge < -0.3 is 10.6 Å². The number of benzene rings is 1. The Morgan fingerprint density at radius 3 is 2.32 bits per heavy atom. The second-order valence-electron chi connectivity index (χ2n) is 4.84. The van der Waals surface area contributed by atoms with Crippen LogP contribution in [0.4, 0.5) is 0 Å². The molecule has 0 aliphatic heterocycles. The Labute approximate surface area is 121 Å². The van der Waals surface area contributed by atoms with Gasteiger partial charge in [-0.25, -0.2) is 0 Å². The van der Waals surface area contributed by atoms with E-state index in [9.17, 15) is 9.59 Å². The first-order chi connectivity index (χ1) is 9.08. The van der Waals surface area contributed by atoms with Crippen LogP contribution in [0.2, 0.25) is 0 Å². The first-order valence-electron chi connectivity index (χ1n) is 6.43. The zero-order chi connectivity index (χ0) is 13.8. The van der Waals surface area contributed by atoms with Gasteiger partial charge in [0.15, 0.2) is 0 Å². The fourth-order valence-electron chi connectivity index (χ4n) is 2.51. The Morgan fingerprint density at radius 2 is 1.79 bits per heavy atom. The first kappa shape index (κ1) is 14.1. The maximum atomic E-state index is 12.5. The molecule has 5 heteroatoms. The normalized spacial score (nSPS) is 15.4. The molecule has 0 heterocycles. The average Bonchev–Trinajstić information content (AvgIpc) is 2.89. The van der Waals surface area contributed by atoms with Gasteiger partial charge in [-0.2, -0.15) is 0 Å². The van der Waals surface area contributed by atoms with Crippen molar-refractivity contribution in [3.8, 4) is 0 Å². The fourth-order valence-corrected chi connectivity index (χ4v) is 2.77. The molecule has 19 heavy (non-hydrogen) atoms. The molecular formula is C14H17BrN2O2. The molecule has 0 aromatic heterocycles. The van der Waals surface area contributed by atoms with E-state index in [2.05, 4.69) is 15.9 Å². The van der Waals surface area contributed by atoms with Crippen molar-refractivity contribution in [2.24, 2.45) is 5.73 Å². The zero-order valence-electron chi connectivity index (χ0n) is 10.6. The summed E-state index contributed by atoms with van der Waals surface area (Å²) >= 11 is 3.34. The van der Waals surface area contributed by atoms with Crippen molar-refractivity contribution < 1.29 is 9.59 Å². The zero-order valence-corrected chi connectivity index (χ0v) is 12.2. The van der Waals surface area contributed by atoms with Crippen LogP contribution in [0.3, 0.4) is 0 Å². The second kappa shape index (κ2) is 6.19. The number of nitrogens with two attached hydrogens (primary N) is 1. The Kier molecular flexibility index (Phi) is 4.58. The number of carbonyl (C=O) groups excluding carboxylic acids is 2. The van der Waals surface area contributed by atoms with Gasteiger partial charge in [0.1, 0.15) is 0 Å². The molecule has 1 aliphatic rings. The number of halogens is 1. The van der Waals surface area contributed by atoms with Crippen molar-refractivity contribution in [3.63, 3.8) is 0 Å². The molecule has 0 spiro atoms. The highest BCUT2D eigenvalue weighted by atomic mass is 79.9. The number of hydrogen-bond acceptors (Lipinski definition) is 2. The first-order valence-corrected chi connectivity index (χ1v) is 7.22. The number of nitrogens with zero attached hydrogens (tertiary/aromatic N) is 1. The lowest BCUT2D eigenvalue weighted by atomic mass is 10.1. The molecule has 2 rings (SSSR count). The van der Waals surface area contributed by atoms with Gasteiger partial charge in [-0.3, -0.25) is 9.59 Å². The molecule has 102 valence electrons. The molecule has 0 saturated heterocycles. The predicted molar refractivity (Wildman–Crippen MR) is 76.6 cm³/mol. The van der Waals surface area contributed by atoms with Crippen LogP contribution in [-0.4, -0.2) is 29.3 Å². The largest absolute Gasteiger partial charge is 0.368 e. The maximum absolute atomic E-state index is 12.5. The summed E-state index contributed by atoms with van der Waals surface area (Å²) in [5.74, 6) is -0.574. The van der Waals surface area contributed by atoms with E-state index in [1.165, 1.54) is 0 Å². The third kappa shape index (κ3) is 3.56. The number of hydrogen-bond donors (Lipinski definition) is 1. The molecule has 4 nitrogen and oxygen atoms in total. The standard InChI is InChI=1S/C14H17BrN2O2/c15-11-7-5-10(6-8-11)14(19)17(9-13(16)18)12-3-1-2-4-12/h5-8,12H,1-4,9H2,(H2,16,18). The van der Waals surface area contributed by atoms with Crippen LogP contribution in [0.15, 0.2) is 28.7 Å². The molecule has 2 N–H and O–H groups in total. The van der Waals surface area contributed by atoms with E-state index in [4.69, 9.17) is 5.73 Å². The quantitative estimate of drug-likeness (QED) is 0.923. The van der Waals surface area contributed by atoms with Crippen LogP contribution >= 0.6 is 15.9 Å². The second-order valence-corrected chi connectivity index (χ2v) is 5.76. The Balaban J connectivity index is 2.18. The molecule has 0 unspecified atom stereocenters. The Hall–Kier alpha value is -1.36. The van der Waals surface area contributed by atoms with Crippen LogP contribution < -0.4 is 5.73 Å². The van der Waals surface area contributed by atoms with E-state index >= 15 is 0 Å². The van der Waals surface area contributed by atoms with Crippen molar-refractivity contribution in [1.82, 2.24) is 4.90 Å². The smallest absolute Gasteiger partial charge is 0.254 e. The van der Waals surface area contributed by atoms with Gasteiger partial charge >= 0.3 is 0 Å². The third-order valence-electron chi connectivity index (χ3n) is 3.44. The number of primary amides is 1. The summed E-state index contributed by atoms with van der Waals surface area (Å²) in [7, 11) is 0. The van der Waals surface area contributed by atoms with Gasteiger partial charge in [0, 0.05) is 16.1 Å². The maximum Gasteiger partial charge on any atom is 0.254 e. The minimum Gasteiger partial charge on any atom is -0.368 e. The molecule has 1 aliphatic carbocycles. The van der Waals surface area contributed by atoms with Gasteiger partial charge in [-0.05, 0) is 37.1 Å². The highest BCUT2D eigenvalue weighted by molar-refractivity contribution is 9.10. The number of rotatable bonds is 4. The van der Waals surface area contributed by atoms with E-state index in [0.29, 0.717) is 5.56 Å². The lowest BCUT2D eigenvalue weighted by molar-refractivity contribution is -0.119. The predicted octanol–water partition coefficient (Wildman–Crippen LogP) is 2.32. The monoisotopic (exact) mass is 324 g/mol. The minimum absolute atomic E-state index is 0.000433. The van der Waals surface area contributed by atoms with Crippen LogP contribution in [0.1, 0.15) is 36.0 Å². The van der Waals surface area contributed by atoms with Crippen molar-refractivity contribution in [1.29, 1.82) is 0 Å². The van der Waals surface area contributed by atoms with Crippen LogP contribution in [0, 0.1) is 0 Å². The van der Waals surface area contributed by atoms with Crippen molar-refractivity contribution in [2.45, 2.75) is 31.7 Å². The average molecular weight is 325 g/mol. The summed E-state index contributed by atoms with van der Waals surface area (Å²) in [4.78, 5) is 25.3. The summed E-state index contributed by atoms with van der Waals surface area (Å²) in [6.07, 6.45) is 4.12. The molecule has 1 fully saturated rings. The van der Waals surface area contributed by atoms with Crippen LogP contribution in [0.5, 0.6) is 0 Å². The van der Waals surface area contributed by atoms with Crippen molar-refractivity contribution >= 4 is 27.7 Å². The summed E-state index contributed by atoms with van der Waals surface area (Å²) in [5.41, 5.74) is 5.85. The lowest BCUT2D eigenvalue weighted by Gasteiger charge is -2.27. The Morgan fingerprint density at radius 1 is 1.21 bits per heavy atom. The van der Waals surface area contributed by atoms with Crippen LogP contribution in [-0.2, 0) is 4.79 Å². The highest BCUT2D eigenvalue weighted by Crippen LogP contribution is 2.25. The van der Waals surface area contributed by atoms with Crippen LogP contribution in [0.25, 0.3) is 0 Å². The summed E-state index contributed by atoms with van der Waals surface area (Å²) in [5, 5.41) is 0. The summed E-state index contributed by atoms with van der Waals surface area (Å²) in [6, 6.07) is 7.31. The molecule has 0 atom stereocenters. The number of amides is 2. The topological polar surface area (TPSA) is 63.4 Å². The molecule has 1 saturated carbocycles. The highest BCUT2D eigenvalue weighted by Gasteiger charge is 2.28.